The van der Waals surface area contributed by atoms with Crippen LogP contribution in [0.1, 0.15) is 11.1 Å². The number of hydrogen-bond donors (Lipinski definition) is 0. The van der Waals surface area contributed by atoms with Gasteiger partial charge in [0.2, 0.25) is 10.0 Å². The van der Waals surface area contributed by atoms with E-state index in [1.54, 1.807) is 13.0 Å². The van der Waals surface area contributed by atoms with Crippen LogP contribution in [0.5, 0.6) is 0 Å². The Morgan fingerprint density at radius 2 is 1.89 bits per heavy atom. The van der Waals surface area contributed by atoms with Crippen molar-refractivity contribution in [1.29, 1.82) is 0 Å². The standard InChI is InChI=1S/C12H16BrF2NO2S/c1-9-3-4-11(7-10(9)2)19(17,18)16(6-5-13)8-12(14)15/h3-4,7,12H,5-6,8H2,1-2H3. The van der Waals surface area contributed by atoms with Crippen LogP contribution in [-0.4, -0.2) is 37.6 Å². The van der Waals surface area contributed by atoms with Gasteiger partial charge in [0.1, 0.15) is 0 Å². The average Bonchev–Trinajstić information content (AvgIpc) is 2.31. The second kappa shape index (κ2) is 6.76. The minimum atomic E-state index is -3.87. The third kappa shape index (κ3) is 4.22. The van der Waals surface area contributed by atoms with Crippen molar-refractivity contribution in [2.75, 3.05) is 18.4 Å². The molecule has 1 rings (SSSR count). The van der Waals surface area contributed by atoms with Crippen molar-refractivity contribution in [3.63, 3.8) is 0 Å². The molecule has 0 aromatic heterocycles. The summed E-state index contributed by atoms with van der Waals surface area (Å²) in [6, 6.07) is 4.64. The zero-order valence-corrected chi connectivity index (χ0v) is 13.1. The summed E-state index contributed by atoms with van der Waals surface area (Å²) in [4.78, 5) is 0.0530. The quantitative estimate of drug-likeness (QED) is 0.735. The summed E-state index contributed by atoms with van der Waals surface area (Å²) in [7, 11) is -3.87. The molecule has 0 amide bonds. The number of nitrogens with zero attached hydrogens (tertiary/aromatic N) is 1. The molecular weight excluding hydrogens is 340 g/mol. The number of aryl methyl sites for hydroxylation is 2. The highest BCUT2D eigenvalue weighted by Crippen LogP contribution is 2.20. The minimum Gasteiger partial charge on any atom is -0.209 e. The Hall–Kier alpha value is -0.530. The van der Waals surface area contributed by atoms with Gasteiger partial charge in [-0.3, -0.25) is 0 Å². The second-order valence-corrected chi connectivity index (χ2v) is 6.92. The Morgan fingerprint density at radius 1 is 1.26 bits per heavy atom. The SMILES string of the molecule is Cc1ccc(S(=O)(=O)N(CCBr)CC(F)F)cc1C. The maximum Gasteiger partial charge on any atom is 0.252 e. The molecule has 0 saturated carbocycles. The Morgan fingerprint density at radius 3 is 2.37 bits per heavy atom. The van der Waals surface area contributed by atoms with Gasteiger partial charge in [-0.15, -0.1) is 0 Å². The Kier molecular flexibility index (Phi) is 5.88. The first-order valence-corrected chi connectivity index (χ1v) is 8.26. The highest BCUT2D eigenvalue weighted by molar-refractivity contribution is 9.09. The molecule has 3 nitrogen and oxygen atoms in total. The van der Waals surface area contributed by atoms with Crippen LogP contribution in [0, 0.1) is 13.8 Å². The molecule has 0 aliphatic rings. The van der Waals surface area contributed by atoms with Gasteiger partial charge < -0.3 is 0 Å². The summed E-state index contributed by atoms with van der Waals surface area (Å²) < 4.78 is 50.3. The van der Waals surface area contributed by atoms with Crippen LogP contribution < -0.4 is 0 Å². The molecule has 0 N–H and O–H groups in total. The summed E-state index contributed by atoms with van der Waals surface area (Å²) >= 11 is 3.08. The summed E-state index contributed by atoms with van der Waals surface area (Å²) in [6.45, 7) is 2.87. The lowest BCUT2D eigenvalue weighted by Gasteiger charge is -2.21. The van der Waals surface area contributed by atoms with E-state index in [0.29, 0.717) is 5.33 Å². The molecule has 0 saturated heterocycles. The lowest BCUT2D eigenvalue weighted by molar-refractivity contribution is 0.121. The van der Waals surface area contributed by atoms with Crippen LogP contribution in [0.25, 0.3) is 0 Å². The van der Waals surface area contributed by atoms with Gasteiger partial charge in [-0.25, -0.2) is 17.2 Å². The first kappa shape index (κ1) is 16.5. The van der Waals surface area contributed by atoms with Crippen molar-refractivity contribution in [1.82, 2.24) is 4.31 Å². The van der Waals surface area contributed by atoms with E-state index in [9.17, 15) is 17.2 Å². The minimum absolute atomic E-state index is 0.0135. The summed E-state index contributed by atoms with van der Waals surface area (Å²) in [5.74, 6) is 0. The molecule has 0 radical (unpaired) electrons. The van der Waals surface area contributed by atoms with E-state index in [-0.39, 0.29) is 11.4 Å². The molecule has 108 valence electrons. The topological polar surface area (TPSA) is 37.4 Å². The number of halogens is 3. The molecule has 0 aliphatic carbocycles. The van der Waals surface area contributed by atoms with E-state index in [1.165, 1.54) is 12.1 Å². The molecule has 1 aromatic rings. The van der Waals surface area contributed by atoms with Crippen LogP contribution >= 0.6 is 15.9 Å². The fourth-order valence-electron chi connectivity index (χ4n) is 1.58. The van der Waals surface area contributed by atoms with E-state index in [2.05, 4.69) is 15.9 Å². The van der Waals surface area contributed by atoms with Gasteiger partial charge in [0.15, 0.2) is 0 Å². The molecule has 0 aliphatic heterocycles. The molecule has 19 heavy (non-hydrogen) atoms. The van der Waals surface area contributed by atoms with Crippen LogP contribution in [0.15, 0.2) is 23.1 Å². The highest BCUT2D eigenvalue weighted by Gasteiger charge is 2.26. The van der Waals surface area contributed by atoms with E-state index in [1.807, 2.05) is 6.92 Å². The van der Waals surface area contributed by atoms with Crippen LogP contribution in [0.3, 0.4) is 0 Å². The molecule has 0 atom stereocenters. The number of hydrogen-bond acceptors (Lipinski definition) is 2. The van der Waals surface area contributed by atoms with Gasteiger partial charge in [-0.05, 0) is 37.1 Å². The van der Waals surface area contributed by atoms with Crippen molar-refractivity contribution in [3.05, 3.63) is 29.3 Å². The third-order valence-electron chi connectivity index (χ3n) is 2.79. The van der Waals surface area contributed by atoms with Crippen LogP contribution in [0.2, 0.25) is 0 Å². The molecular formula is C12H16BrF2NO2S. The molecule has 1 aromatic carbocycles. The van der Waals surface area contributed by atoms with Gasteiger partial charge >= 0.3 is 0 Å². The third-order valence-corrected chi connectivity index (χ3v) is 5.01. The fourth-order valence-corrected chi connectivity index (χ4v) is 3.75. The van der Waals surface area contributed by atoms with Crippen molar-refractivity contribution < 1.29 is 17.2 Å². The molecule has 0 unspecified atom stereocenters. The number of benzene rings is 1. The molecule has 0 spiro atoms. The van der Waals surface area contributed by atoms with Gasteiger partial charge in [0, 0.05) is 11.9 Å². The number of rotatable bonds is 6. The predicted molar refractivity (Wildman–Crippen MR) is 74.5 cm³/mol. The van der Waals surface area contributed by atoms with E-state index in [0.717, 1.165) is 15.4 Å². The Labute approximate surface area is 120 Å². The van der Waals surface area contributed by atoms with Crippen molar-refractivity contribution in [3.8, 4) is 0 Å². The van der Waals surface area contributed by atoms with Crippen molar-refractivity contribution in [2.24, 2.45) is 0 Å². The van der Waals surface area contributed by atoms with Crippen molar-refractivity contribution >= 4 is 26.0 Å². The van der Waals surface area contributed by atoms with E-state index < -0.39 is 23.0 Å². The summed E-state index contributed by atoms with van der Waals surface area (Å²) in [5.41, 5.74) is 1.77. The second-order valence-electron chi connectivity index (χ2n) is 4.19. The van der Waals surface area contributed by atoms with Gasteiger partial charge in [0.25, 0.3) is 6.43 Å². The zero-order valence-electron chi connectivity index (χ0n) is 10.7. The molecule has 0 fully saturated rings. The molecule has 0 heterocycles. The first-order valence-electron chi connectivity index (χ1n) is 5.70. The molecule has 0 bridgehead atoms. The van der Waals surface area contributed by atoms with Gasteiger partial charge in [0.05, 0.1) is 11.4 Å². The van der Waals surface area contributed by atoms with Gasteiger partial charge in [-0.2, -0.15) is 4.31 Å². The average molecular weight is 356 g/mol. The maximum atomic E-state index is 12.5. The van der Waals surface area contributed by atoms with Crippen molar-refractivity contribution in [2.45, 2.75) is 25.2 Å². The smallest absolute Gasteiger partial charge is 0.209 e. The zero-order chi connectivity index (χ0) is 14.6. The largest absolute Gasteiger partial charge is 0.252 e. The summed E-state index contributed by atoms with van der Waals surface area (Å²) in [5, 5.41) is 0.309. The first-order chi connectivity index (χ1) is 8.78. The predicted octanol–water partition coefficient (Wildman–Crippen LogP) is 2.95. The Balaban J connectivity index is 3.14. The van der Waals surface area contributed by atoms with Crippen LogP contribution in [-0.2, 0) is 10.0 Å². The van der Waals surface area contributed by atoms with E-state index in [4.69, 9.17) is 0 Å². The fraction of sp³-hybridized carbons (Fsp3) is 0.500. The normalized spacial score (nSPS) is 12.4. The summed E-state index contributed by atoms with van der Waals surface area (Å²) in [6.07, 6.45) is -2.69. The number of alkyl halides is 3. The maximum absolute atomic E-state index is 12.5. The van der Waals surface area contributed by atoms with E-state index >= 15 is 0 Å². The Bertz CT molecular complexity index is 535. The highest BCUT2D eigenvalue weighted by atomic mass is 79.9. The lowest BCUT2D eigenvalue weighted by atomic mass is 10.1. The lowest BCUT2D eigenvalue weighted by Crippen LogP contribution is -2.36. The van der Waals surface area contributed by atoms with Gasteiger partial charge in [-0.1, -0.05) is 22.0 Å². The number of sulfonamides is 1. The van der Waals surface area contributed by atoms with Crippen LogP contribution in [0.4, 0.5) is 8.78 Å². The molecule has 7 heteroatoms. The monoisotopic (exact) mass is 355 g/mol.